The number of hydrogen-bond acceptors (Lipinski definition) is 3. The van der Waals surface area contributed by atoms with Crippen LogP contribution in [0, 0.1) is 5.82 Å². The lowest BCUT2D eigenvalue weighted by Crippen LogP contribution is -2.25. The van der Waals surface area contributed by atoms with Gasteiger partial charge in [-0.05, 0) is 26.8 Å². The van der Waals surface area contributed by atoms with Crippen molar-refractivity contribution < 1.29 is 13.9 Å². The van der Waals surface area contributed by atoms with Crippen LogP contribution in [0.1, 0.15) is 31.3 Å². The largest absolute Gasteiger partial charge is 0.455 e. The van der Waals surface area contributed by atoms with Gasteiger partial charge >= 0.3 is 5.97 Å². The Kier molecular flexibility index (Phi) is 3.29. The predicted octanol–water partition coefficient (Wildman–Crippen LogP) is 2.83. The van der Waals surface area contributed by atoms with Crippen molar-refractivity contribution in [2.75, 3.05) is 0 Å². The first-order chi connectivity index (χ1) is 6.81. The lowest BCUT2D eigenvalue weighted by molar-refractivity contribution is 0.00576. The molecule has 0 aliphatic rings. The maximum Gasteiger partial charge on any atom is 0.360 e. The first-order valence-electron chi connectivity index (χ1n) is 4.34. The Bertz CT molecular complexity index is 387. The Morgan fingerprint density at radius 2 is 2.13 bits per heavy atom. The van der Waals surface area contributed by atoms with Crippen molar-refractivity contribution in [3.63, 3.8) is 0 Å². The first-order valence-corrected chi connectivity index (χ1v) is 4.72. The number of nitrogens with zero attached hydrogens (tertiary/aromatic N) is 1. The van der Waals surface area contributed by atoms with E-state index in [4.69, 9.17) is 16.3 Å². The summed E-state index contributed by atoms with van der Waals surface area (Å²) in [6.07, 6.45) is 1.25. The molecular formula is C10H11ClFNO2. The van der Waals surface area contributed by atoms with Gasteiger partial charge in [-0.25, -0.2) is 14.2 Å². The van der Waals surface area contributed by atoms with Gasteiger partial charge < -0.3 is 4.74 Å². The summed E-state index contributed by atoms with van der Waals surface area (Å²) in [6, 6.07) is 1.27. The fourth-order valence-corrected chi connectivity index (χ4v) is 1.03. The van der Waals surface area contributed by atoms with Crippen molar-refractivity contribution in [1.82, 2.24) is 4.98 Å². The molecule has 0 unspecified atom stereocenters. The summed E-state index contributed by atoms with van der Waals surface area (Å²) in [5, 5.41) is -0.147. The van der Waals surface area contributed by atoms with Crippen molar-refractivity contribution in [1.29, 1.82) is 0 Å². The van der Waals surface area contributed by atoms with E-state index in [1.165, 1.54) is 12.3 Å². The zero-order valence-electron chi connectivity index (χ0n) is 8.67. The van der Waals surface area contributed by atoms with Crippen molar-refractivity contribution >= 4 is 17.6 Å². The molecule has 0 N–H and O–H groups in total. The summed E-state index contributed by atoms with van der Waals surface area (Å²) >= 11 is 5.51. The zero-order valence-corrected chi connectivity index (χ0v) is 9.43. The standard InChI is InChI=1S/C10H11ClFNO2/c1-10(2,3)15-9(14)8-7(12)6(11)4-5-13-8/h4-5H,1-3H3. The van der Waals surface area contributed by atoms with Gasteiger partial charge in [0.05, 0.1) is 5.02 Å². The highest BCUT2D eigenvalue weighted by Gasteiger charge is 2.22. The van der Waals surface area contributed by atoms with Gasteiger partial charge in [-0.1, -0.05) is 11.6 Å². The Balaban J connectivity index is 2.97. The van der Waals surface area contributed by atoms with Crippen LogP contribution in [0.25, 0.3) is 0 Å². The van der Waals surface area contributed by atoms with Gasteiger partial charge in [0.1, 0.15) is 5.60 Å². The maximum absolute atomic E-state index is 13.3. The summed E-state index contributed by atoms with van der Waals surface area (Å²) in [5.74, 6) is -1.67. The van der Waals surface area contributed by atoms with Crippen LogP contribution in [0.15, 0.2) is 12.3 Å². The van der Waals surface area contributed by atoms with Crippen molar-refractivity contribution in [3.05, 3.63) is 28.8 Å². The van der Waals surface area contributed by atoms with Gasteiger partial charge in [0, 0.05) is 6.20 Å². The van der Waals surface area contributed by atoms with Gasteiger partial charge in [0.15, 0.2) is 11.5 Å². The normalized spacial score (nSPS) is 11.3. The molecule has 0 bridgehead atoms. The van der Waals surface area contributed by atoms with E-state index in [0.717, 1.165) is 0 Å². The van der Waals surface area contributed by atoms with E-state index in [2.05, 4.69) is 4.98 Å². The SMILES string of the molecule is CC(C)(C)OC(=O)c1nccc(Cl)c1F. The average molecular weight is 232 g/mol. The molecular weight excluding hydrogens is 221 g/mol. The van der Waals surface area contributed by atoms with E-state index in [9.17, 15) is 9.18 Å². The number of carbonyl (C=O) groups excluding carboxylic acids is 1. The van der Waals surface area contributed by atoms with Gasteiger partial charge in [-0.15, -0.1) is 0 Å². The lowest BCUT2D eigenvalue weighted by atomic mass is 10.2. The lowest BCUT2D eigenvalue weighted by Gasteiger charge is -2.19. The average Bonchev–Trinajstić information content (AvgIpc) is 2.06. The fraction of sp³-hybridized carbons (Fsp3) is 0.400. The fourth-order valence-electron chi connectivity index (χ4n) is 0.889. The van der Waals surface area contributed by atoms with Crippen LogP contribution in [-0.2, 0) is 4.74 Å². The molecule has 0 fully saturated rings. The van der Waals surface area contributed by atoms with Crippen LogP contribution in [0.4, 0.5) is 4.39 Å². The summed E-state index contributed by atoms with van der Waals surface area (Å²) in [7, 11) is 0. The molecule has 0 atom stereocenters. The smallest absolute Gasteiger partial charge is 0.360 e. The van der Waals surface area contributed by atoms with Crippen molar-refractivity contribution in [3.8, 4) is 0 Å². The molecule has 5 heteroatoms. The van der Waals surface area contributed by atoms with E-state index in [-0.39, 0.29) is 5.02 Å². The molecule has 0 aliphatic carbocycles. The quantitative estimate of drug-likeness (QED) is 0.698. The second kappa shape index (κ2) is 4.14. The molecule has 0 saturated heterocycles. The third-order valence-corrected chi connectivity index (χ3v) is 1.73. The second-order valence-electron chi connectivity index (χ2n) is 3.96. The van der Waals surface area contributed by atoms with Crippen molar-refractivity contribution in [2.24, 2.45) is 0 Å². The van der Waals surface area contributed by atoms with Crippen LogP contribution < -0.4 is 0 Å². The first kappa shape index (κ1) is 11.9. The number of carbonyl (C=O) groups is 1. The molecule has 0 aromatic carbocycles. The third-order valence-electron chi connectivity index (χ3n) is 1.43. The second-order valence-corrected chi connectivity index (χ2v) is 4.36. The number of halogens is 2. The highest BCUT2D eigenvalue weighted by molar-refractivity contribution is 6.31. The van der Waals surface area contributed by atoms with Crippen LogP contribution in [0.2, 0.25) is 5.02 Å². The molecule has 1 rings (SSSR count). The van der Waals surface area contributed by atoms with Crippen LogP contribution in [0.3, 0.4) is 0 Å². The Labute approximate surface area is 92.2 Å². The zero-order chi connectivity index (χ0) is 11.6. The van der Waals surface area contributed by atoms with Gasteiger partial charge in [-0.3, -0.25) is 0 Å². The van der Waals surface area contributed by atoms with Crippen LogP contribution in [-0.4, -0.2) is 16.6 Å². The number of hydrogen-bond donors (Lipinski definition) is 0. The molecule has 1 aromatic rings. The van der Waals surface area contributed by atoms with Crippen LogP contribution >= 0.6 is 11.6 Å². The van der Waals surface area contributed by atoms with E-state index in [1.807, 2.05) is 0 Å². The highest BCUT2D eigenvalue weighted by atomic mass is 35.5. The number of pyridine rings is 1. The van der Waals surface area contributed by atoms with Crippen LogP contribution in [0.5, 0.6) is 0 Å². The van der Waals surface area contributed by atoms with E-state index in [1.54, 1.807) is 20.8 Å². The molecule has 0 saturated carbocycles. The minimum atomic E-state index is -0.853. The number of esters is 1. The molecule has 15 heavy (non-hydrogen) atoms. The highest BCUT2D eigenvalue weighted by Crippen LogP contribution is 2.18. The molecule has 0 amide bonds. The summed E-state index contributed by atoms with van der Waals surface area (Å²) in [6.45, 7) is 5.06. The topological polar surface area (TPSA) is 39.2 Å². The minimum absolute atomic E-state index is 0.147. The van der Waals surface area contributed by atoms with E-state index in [0.29, 0.717) is 0 Å². The molecule has 1 aromatic heterocycles. The molecule has 1 heterocycles. The molecule has 3 nitrogen and oxygen atoms in total. The van der Waals surface area contributed by atoms with E-state index >= 15 is 0 Å². The van der Waals surface area contributed by atoms with Crippen molar-refractivity contribution in [2.45, 2.75) is 26.4 Å². The van der Waals surface area contributed by atoms with Gasteiger partial charge in [-0.2, -0.15) is 0 Å². The third kappa shape index (κ3) is 3.16. The molecule has 0 spiro atoms. The Morgan fingerprint density at radius 3 is 2.67 bits per heavy atom. The number of aromatic nitrogens is 1. The summed E-state index contributed by atoms with van der Waals surface area (Å²) in [4.78, 5) is 15.0. The molecule has 82 valence electrons. The maximum atomic E-state index is 13.3. The van der Waals surface area contributed by atoms with E-state index < -0.39 is 23.1 Å². The summed E-state index contributed by atoms with van der Waals surface area (Å²) < 4.78 is 18.3. The van der Waals surface area contributed by atoms with Gasteiger partial charge in [0.25, 0.3) is 0 Å². The monoisotopic (exact) mass is 231 g/mol. The number of rotatable bonds is 1. The molecule has 0 radical (unpaired) electrons. The summed E-state index contributed by atoms with van der Waals surface area (Å²) in [5.41, 5.74) is -1.08. The number of ether oxygens (including phenoxy) is 1. The Hall–Kier alpha value is -1.16. The Morgan fingerprint density at radius 1 is 1.53 bits per heavy atom. The predicted molar refractivity (Wildman–Crippen MR) is 54.4 cm³/mol. The minimum Gasteiger partial charge on any atom is -0.455 e. The van der Waals surface area contributed by atoms with Gasteiger partial charge in [0.2, 0.25) is 0 Å². The molecule has 0 aliphatic heterocycles.